The lowest BCUT2D eigenvalue weighted by molar-refractivity contribution is 1.12. The molecule has 4 aromatic carbocycles. The van der Waals surface area contributed by atoms with E-state index in [0.717, 1.165) is 77.9 Å². The van der Waals surface area contributed by atoms with Crippen molar-refractivity contribution in [1.82, 2.24) is 29.5 Å². The van der Waals surface area contributed by atoms with Gasteiger partial charge in [0.25, 0.3) is 0 Å². The molecule has 0 fully saturated rings. The Bertz CT molecular complexity index is 2690. The van der Waals surface area contributed by atoms with Crippen LogP contribution in [0, 0.1) is 0 Å². The second kappa shape index (κ2) is 9.11. The summed E-state index contributed by atoms with van der Waals surface area (Å²) in [5, 5.41) is 14.1. The summed E-state index contributed by atoms with van der Waals surface area (Å²) in [6, 6.07) is 40.6. The average molecular weight is 579 g/mol. The smallest absolute Gasteiger partial charge is 0.103 e. The van der Waals surface area contributed by atoms with E-state index in [1.54, 1.807) is 0 Å². The van der Waals surface area contributed by atoms with Crippen molar-refractivity contribution < 1.29 is 0 Å². The Morgan fingerprint density at radius 3 is 2.27 bits per heavy atom. The molecule has 0 atom stereocenters. The molecule has 45 heavy (non-hydrogen) atoms. The number of aromatic nitrogens is 6. The number of nitrogens with zero attached hydrogens (tertiary/aromatic N) is 2. The molecule has 6 aromatic heterocycles. The fraction of sp³-hybridized carbons (Fsp3) is 0. The van der Waals surface area contributed by atoms with Crippen molar-refractivity contribution in [3.05, 3.63) is 134 Å². The third-order valence-electron chi connectivity index (χ3n) is 9.18. The number of nitrogens with one attached hydrogen (secondary N) is 4. The van der Waals surface area contributed by atoms with E-state index in [4.69, 9.17) is 5.10 Å². The Kier molecular flexibility index (Phi) is 4.90. The molecule has 0 aliphatic carbocycles. The molecule has 0 saturated carbocycles. The van der Waals surface area contributed by atoms with E-state index in [1.165, 1.54) is 16.2 Å². The molecule has 0 saturated heterocycles. The van der Waals surface area contributed by atoms with E-state index in [0.29, 0.717) is 0 Å². The molecule has 0 radical (unpaired) electrons. The Balaban J connectivity index is 1.40. The van der Waals surface area contributed by atoms with Crippen molar-refractivity contribution in [3.8, 4) is 45.0 Å². The summed E-state index contributed by atoms with van der Waals surface area (Å²) >= 11 is 0. The largest absolute Gasteiger partial charge is 0.360 e. The molecule has 10 aromatic rings. The summed E-state index contributed by atoms with van der Waals surface area (Å²) < 4.78 is 2.17. The zero-order valence-corrected chi connectivity index (χ0v) is 24.1. The van der Waals surface area contributed by atoms with E-state index in [-0.39, 0.29) is 0 Å². The lowest BCUT2D eigenvalue weighted by Gasteiger charge is -2.12. The van der Waals surface area contributed by atoms with Crippen molar-refractivity contribution in [3.63, 3.8) is 0 Å². The first-order valence-electron chi connectivity index (χ1n) is 15.1. The molecule has 0 unspecified atom stereocenters. The fourth-order valence-electron chi connectivity index (χ4n) is 7.14. The predicted octanol–water partition coefficient (Wildman–Crippen LogP) is 9.93. The van der Waals surface area contributed by atoms with Gasteiger partial charge in [0, 0.05) is 79.1 Å². The van der Waals surface area contributed by atoms with Crippen LogP contribution in [-0.2, 0) is 0 Å². The zero-order valence-electron chi connectivity index (χ0n) is 24.1. The van der Waals surface area contributed by atoms with Gasteiger partial charge in [-0.3, -0.25) is 5.10 Å². The predicted molar refractivity (Wildman–Crippen MR) is 184 cm³/mol. The van der Waals surface area contributed by atoms with Crippen LogP contribution in [0.3, 0.4) is 0 Å². The molecule has 0 aliphatic heterocycles. The van der Waals surface area contributed by atoms with Gasteiger partial charge >= 0.3 is 0 Å². The van der Waals surface area contributed by atoms with E-state index >= 15 is 0 Å². The highest BCUT2D eigenvalue weighted by atomic mass is 15.1. The van der Waals surface area contributed by atoms with Crippen LogP contribution in [0.5, 0.6) is 0 Å². The normalized spacial score (nSPS) is 12.0. The molecule has 4 N–H and O–H groups in total. The van der Waals surface area contributed by atoms with Crippen LogP contribution in [0.15, 0.2) is 134 Å². The lowest BCUT2D eigenvalue weighted by atomic mass is 9.91. The number of aromatic amines is 4. The number of benzene rings is 4. The van der Waals surface area contributed by atoms with Gasteiger partial charge in [0.15, 0.2) is 0 Å². The van der Waals surface area contributed by atoms with Gasteiger partial charge in [0.05, 0.1) is 22.4 Å². The molecule has 10 rings (SSSR count). The van der Waals surface area contributed by atoms with E-state index in [1.807, 2.05) is 6.07 Å². The summed E-state index contributed by atoms with van der Waals surface area (Å²) in [6.07, 6.45) is 6.32. The van der Waals surface area contributed by atoms with Gasteiger partial charge in [-0.15, -0.1) is 0 Å². The molecule has 0 spiro atoms. The molecule has 6 heteroatoms. The Morgan fingerprint density at radius 2 is 1.36 bits per heavy atom. The van der Waals surface area contributed by atoms with Crippen molar-refractivity contribution in [1.29, 1.82) is 0 Å². The maximum absolute atomic E-state index is 4.99. The number of hydrogen-bond donors (Lipinski definition) is 4. The van der Waals surface area contributed by atoms with Gasteiger partial charge in [0.2, 0.25) is 0 Å². The lowest BCUT2D eigenvalue weighted by Crippen LogP contribution is -1.90. The maximum atomic E-state index is 4.99. The number of hydrogen-bond acceptors (Lipinski definition) is 1. The summed E-state index contributed by atoms with van der Waals surface area (Å²) in [5.41, 5.74) is 12.9. The minimum absolute atomic E-state index is 0.924. The third-order valence-corrected chi connectivity index (χ3v) is 9.18. The Labute approximate surface area is 257 Å². The molecule has 0 amide bonds. The second-order valence-corrected chi connectivity index (χ2v) is 11.6. The first-order chi connectivity index (χ1) is 22.3. The molecule has 6 nitrogen and oxygen atoms in total. The molecular weight excluding hydrogens is 552 g/mol. The molecular formula is C39H26N6. The summed E-state index contributed by atoms with van der Waals surface area (Å²) in [5.74, 6) is 0. The minimum Gasteiger partial charge on any atom is -0.360 e. The van der Waals surface area contributed by atoms with Crippen LogP contribution in [0.4, 0.5) is 0 Å². The van der Waals surface area contributed by atoms with Gasteiger partial charge in [-0.05, 0) is 47.9 Å². The highest BCUT2D eigenvalue weighted by molar-refractivity contribution is 6.19. The molecule has 0 aliphatic rings. The number of rotatable bonds is 4. The monoisotopic (exact) mass is 578 g/mol. The SMILES string of the molecule is c1ccc2[nH]c(-c3ccc4[nH]c(-c5ccn6ccccc56)c(-c5n[nH]c6ccccc56)c4c3-c3[nH]cc4ccccc34)cc2c1. The van der Waals surface area contributed by atoms with E-state index < -0.39 is 0 Å². The van der Waals surface area contributed by atoms with Crippen molar-refractivity contribution in [2.24, 2.45) is 0 Å². The van der Waals surface area contributed by atoms with Gasteiger partial charge in [-0.1, -0.05) is 72.8 Å². The maximum Gasteiger partial charge on any atom is 0.103 e. The first-order valence-corrected chi connectivity index (χ1v) is 15.1. The van der Waals surface area contributed by atoms with Crippen molar-refractivity contribution in [2.75, 3.05) is 0 Å². The van der Waals surface area contributed by atoms with Gasteiger partial charge in [0.1, 0.15) is 5.69 Å². The Hall–Kier alpha value is -6.27. The number of H-pyrrole nitrogens is 4. The van der Waals surface area contributed by atoms with E-state index in [2.05, 4.69) is 152 Å². The standard InChI is InChI=1S/C39H26N6/c1-3-11-25-24(10-1)22-40-37(25)34-26(32-21-23-9-2-5-13-29(23)41-32)16-17-31-35(34)36(39-27-12-4-6-14-30(27)43-44-39)38(42-31)28-18-20-45-19-8-7-15-33(28)45/h1-22,40-42H,(H,43,44). The number of fused-ring (bicyclic) bond motifs is 5. The van der Waals surface area contributed by atoms with Crippen LogP contribution >= 0.6 is 0 Å². The molecule has 0 bridgehead atoms. The number of pyridine rings is 1. The third kappa shape index (κ3) is 3.48. The van der Waals surface area contributed by atoms with Crippen LogP contribution in [0.1, 0.15) is 0 Å². The van der Waals surface area contributed by atoms with Gasteiger partial charge < -0.3 is 19.4 Å². The van der Waals surface area contributed by atoms with Gasteiger partial charge in [-0.25, -0.2) is 0 Å². The van der Waals surface area contributed by atoms with Crippen LogP contribution in [0.25, 0.3) is 94.0 Å². The minimum atomic E-state index is 0.924. The van der Waals surface area contributed by atoms with Crippen molar-refractivity contribution in [2.45, 2.75) is 0 Å². The summed E-state index contributed by atoms with van der Waals surface area (Å²) in [4.78, 5) is 11.3. The van der Waals surface area contributed by atoms with E-state index in [9.17, 15) is 0 Å². The quantitative estimate of drug-likeness (QED) is 0.165. The first kappa shape index (κ1) is 24.2. The van der Waals surface area contributed by atoms with Crippen molar-refractivity contribution >= 4 is 49.0 Å². The summed E-state index contributed by atoms with van der Waals surface area (Å²) in [7, 11) is 0. The van der Waals surface area contributed by atoms with Crippen LogP contribution in [-0.4, -0.2) is 29.5 Å². The highest BCUT2D eigenvalue weighted by Crippen LogP contribution is 2.49. The summed E-state index contributed by atoms with van der Waals surface area (Å²) in [6.45, 7) is 0. The molecule has 212 valence electrons. The average Bonchev–Trinajstić information content (AvgIpc) is 3.92. The Morgan fingerprint density at radius 1 is 0.556 bits per heavy atom. The number of para-hydroxylation sites is 2. The van der Waals surface area contributed by atoms with Gasteiger partial charge in [-0.2, -0.15) is 5.10 Å². The molecule has 6 heterocycles. The zero-order chi connectivity index (χ0) is 29.5. The fourth-order valence-corrected chi connectivity index (χ4v) is 7.14. The topological polar surface area (TPSA) is 80.5 Å². The van der Waals surface area contributed by atoms with Crippen LogP contribution in [0.2, 0.25) is 0 Å². The highest BCUT2D eigenvalue weighted by Gasteiger charge is 2.27. The van der Waals surface area contributed by atoms with Crippen LogP contribution < -0.4 is 0 Å². The second-order valence-electron chi connectivity index (χ2n) is 11.6.